The number of aryl methyl sites for hydroxylation is 1. The van der Waals surface area contributed by atoms with E-state index < -0.39 is 0 Å². The second kappa shape index (κ2) is 2.09. The highest BCUT2D eigenvalue weighted by atomic mass is 14.9. The van der Waals surface area contributed by atoms with Crippen LogP contribution in [0.5, 0.6) is 0 Å². The van der Waals surface area contributed by atoms with Crippen molar-refractivity contribution in [2.45, 2.75) is 13.5 Å². The van der Waals surface area contributed by atoms with Crippen molar-refractivity contribution in [3.8, 4) is 0 Å². The molecule has 2 nitrogen and oxygen atoms in total. The molecule has 1 aromatic rings. The number of benzene rings is 1. The van der Waals surface area contributed by atoms with Gasteiger partial charge in [-0.2, -0.15) is 0 Å². The smallest absolute Gasteiger partial charge is 0.126 e. The van der Waals surface area contributed by atoms with Crippen LogP contribution in [0.1, 0.15) is 16.7 Å². The second-order valence-corrected chi connectivity index (χ2v) is 2.81. The largest absolute Gasteiger partial charge is 0.383 e. The van der Waals surface area contributed by atoms with Crippen LogP contribution in [0.2, 0.25) is 0 Å². The summed E-state index contributed by atoms with van der Waals surface area (Å²) in [6.07, 6.45) is 0. The number of aliphatic imine (C=N–C) groups is 1. The van der Waals surface area contributed by atoms with Gasteiger partial charge in [-0.1, -0.05) is 18.2 Å². The van der Waals surface area contributed by atoms with Crippen LogP contribution in [-0.2, 0) is 6.54 Å². The highest BCUT2D eigenvalue weighted by molar-refractivity contribution is 6.01. The second-order valence-electron chi connectivity index (χ2n) is 2.81. The summed E-state index contributed by atoms with van der Waals surface area (Å²) in [7, 11) is 0. The predicted octanol–water partition coefficient (Wildman–Crippen LogP) is 1.21. The highest BCUT2D eigenvalue weighted by Crippen LogP contribution is 2.19. The molecular weight excluding hydrogens is 136 g/mol. The number of fused-ring (bicyclic) bond motifs is 1. The molecule has 0 radical (unpaired) electrons. The lowest BCUT2D eigenvalue weighted by Crippen LogP contribution is -2.11. The fourth-order valence-electron chi connectivity index (χ4n) is 1.48. The van der Waals surface area contributed by atoms with Crippen molar-refractivity contribution >= 4 is 5.84 Å². The van der Waals surface area contributed by atoms with Crippen LogP contribution in [0.3, 0.4) is 0 Å². The normalized spacial score (nSPS) is 14.5. The lowest BCUT2D eigenvalue weighted by molar-refractivity contribution is 1.10. The van der Waals surface area contributed by atoms with Crippen LogP contribution in [0.4, 0.5) is 0 Å². The molecule has 56 valence electrons. The number of nitrogens with two attached hydrogens (primary N) is 1. The molecule has 0 aromatic heterocycles. The molecular formula is C9H10N2. The molecule has 0 aliphatic carbocycles. The number of hydrogen-bond acceptors (Lipinski definition) is 2. The van der Waals surface area contributed by atoms with E-state index in [0.29, 0.717) is 5.84 Å². The van der Waals surface area contributed by atoms with Gasteiger partial charge in [-0.3, -0.25) is 4.99 Å². The van der Waals surface area contributed by atoms with Gasteiger partial charge in [0.2, 0.25) is 0 Å². The van der Waals surface area contributed by atoms with E-state index in [-0.39, 0.29) is 0 Å². The van der Waals surface area contributed by atoms with Gasteiger partial charge in [0.25, 0.3) is 0 Å². The van der Waals surface area contributed by atoms with Gasteiger partial charge in [-0.25, -0.2) is 0 Å². The zero-order valence-corrected chi connectivity index (χ0v) is 6.46. The van der Waals surface area contributed by atoms with Crippen molar-refractivity contribution < 1.29 is 0 Å². The van der Waals surface area contributed by atoms with Crippen LogP contribution in [0.25, 0.3) is 0 Å². The van der Waals surface area contributed by atoms with E-state index in [0.717, 1.165) is 12.1 Å². The first kappa shape index (κ1) is 6.40. The first-order valence-electron chi connectivity index (χ1n) is 3.68. The lowest BCUT2D eigenvalue weighted by Gasteiger charge is -2.01. The third kappa shape index (κ3) is 0.827. The van der Waals surface area contributed by atoms with Crippen molar-refractivity contribution in [1.29, 1.82) is 0 Å². The molecule has 1 aliphatic heterocycles. The molecule has 0 saturated heterocycles. The fraction of sp³-hybridized carbons (Fsp3) is 0.222. The molecule has 0 unspecified atom stereocenters. The zero-order chi connectivity index (χ0) is 7.84. The summed E-state index contributed by atoms with van der Waals surface area (Å²) in [6, 6.07) is 6.18. The summed E-state index contributed by atoms with van der Waals surface area (Å²) in [5.41, 5.74) is 9.32. The molecule has 0 bridgehead atoms. The van der Waals surface area contributed by atoms with E-state index in [1.807, 2.05) is 6.07 Å². The van der Waals surface area contributed by atoms with Gasteiger partial charge in [0, 0.05) is 5.56 Å². The summed E-state index contributed by atoms with van der Waals surface area (Å²) in [6.45, 7) is 2.81. The van der Waals surface area contributed by atoms with Crippen LogP contribution in [0.15, 0.2) is 23.2 Å². The SMILES string of the molecule is Cc1cccc2c1C(N)=NC2. The minimum absolute atomic E-state index is 0.693. The highest BCUT2D eigenvalue weighted by Gasteiger charge is 2.13. The Kier molecular flexibility index (Phi) is 1.22. The maximum atomic E-state index is 5.70. The standard InChI is InChI=1S/C9H10N2/c1-6-3-2-4-7-5-11-9(10)8(6)7/h2-4H,5H2,1H3,(H2,10,11). The molecule has 1 aliphatic rings. The summed E-state index contributed by atoms with van der Waals surface area (Å²) < 4.78 is 0. The number of amidine groups is 1. The average molecular weight is 146 g/mol. The summed E-state index contributed by atoms with van der Waals surface area (Å²) in [5.74, 6) is 0.693. The van der Waals surface area contributed by atoms with Gasteiger partial charge >= 0.3 is 0 Å². The predicted molar refractivity (Wildman–Crippen MR) is 45.6 cm³/mol. The van der Waals surface area contributed by atoms with Crippen LogP contribution in [-0.4, -0.2) is 5.84 Å². The van der Waals surface area contributed by atoms with Crippen molar-refractivity contribution in [3.63, 3.8) is 0 Å². The Morgan fingerprint density at radius 3 is 3.00 bits per heavy atom. The van der Waals surface area contributed by atoms with E-state index in [1.54, 1.807) is 0 Å². The zero-order valence-electron chi connectivity index (χ0n) is 6.46. The maximum Gasteiger partial charge on any atom is 0.126 e. The Bertz CT molecular complexity index is 326. The molecule has 1 aromatic carbocycles. The van der Waals surface area contributed by atoms with Gasteiger partial charge in [0.1, 0.15) is 5.84 Å². The summed E-state index contributed by atoms with van der Waals surface area (Å²) >= 11 is 0. The Morgan fingerprint density at radius 1 is 1.45 bits per heavy atom. The van der Waals surface area contributed by atoms with Crippen LogP contribution < -0.4 is 5.73 Å². The number of rotatable bonds is 0. The van der Waals surface area contributed by atoms with Gasteiger partial charge in [0.15, 0.2) is 0 Å². The Labute approximate surface area is 65.8 Å². The molecule has 11 heavy (non-hydrogen) atoms. The van der Waals surface area contributed by atoms with E-state index in [4.69, 9.17) is 5.73 Å². The van der Waals surface area contributed by atoms with Gasteiger partial charge in [-0.15, -0.1) is 0 Å². The van der Waals surface area contributed by atoms with E-state index in [9.17, 15) is 0 Å². The molecule has 0 saturated carbocycles. The summed E-state index contributed by atoms with van der Waals surface area (Å²) in [5, 5.41) is 0. The molecule has 0 atom stereocenters. The van der Waals surface area contributed by atoms with Crippen molar-refractivity contribution in [2.24, 2.45) is 10.7 Å². The third-order valence-corrected chi connectivity index (χ3v) is 2.03. The first-order chi connectivity index (χ1) is 5.29. The minimum atomic E-state index is 0.693. The molecule has 2 N–H and O–H groups in total. The first-order valence-corrected chi connectivity index (χ1v) is 3.68. The monoisotopic (exact) mass is 146 g/mol. The average Bonchev–Trinajstić information content (AvgIpc) is 2.34. The van der Waals surface area contributed by atoms with E-state index >= 15 is 0 Å². The van der Waals surface area contributed by atoms with Crippen LogP contribution >= 0.6 is 0 Å². The fourth-order valence-corrected chi connectivity index (χ4v) is 1.48. The number of hydrogen-bond donors (Lipinski definition) is 1. The molecule has 1 heterocycles. The van der Waals surface area contributed by atoms with Crippen molar-refractivity contribution in [3.05, 3.63) is 34.9 Å². The van der Waals surface area contributed by atoms with Crippen molar-refractivity contribution in [2.75, 3.05) is 0 Å². The minimum Gasteiger partial charge on any atom is -0.383 e. The Balaban J connectivity index is 2.67. The van der Waals surface area contributed by atoms with Gasteiger partial charge in [0.05, 0.1) is 6.54 Å². The molecule has 0 fully saturated rings. The molecule has 0 spiro atoms. The maximum absolute atomic E-state index is 5.70. The van der Waals surface area contributed by atoms with Gasteiger partial charge in [-0.05, 0) is 18.1 Å². The van der Waals surface area contributed by atoms with Crippen molar-refractivity contribution in [1.82, 2.24) is 0 Å². The van der Waals surface area contributed by atoms with E-state index in [1.165, 1.54) is 11.1 Å². The number of nitrogens with zero attached hydrogens (tertiary/aromatic N) is 1. The lowest BCUT2D eigenvalue weighted by atomic mass is 10.0. The Morgan fingerprint density at radius 2 is 2.27 bits per heavy atom. The van der Waals surface area contributed by atoms with E-state index in [2.05, 4.69) is 24.0 Å². The molecule has 2 heteroatoms. The Hall–Kier alpha value is -1.31. The molecule has 2 rings (SSSR count). The summed E-state index contributed by atoms with van der Waals surface area (Å²) in [4.78, 5) is 4.16. The third-order valence-electron chi connectivity index (χ3n) is 2.03. The quantitative estimate of drug-likeness (QED) is 0.587. The topological polar surface area (TPSA) is 38.4 Å². The molecule has 0 amide bonds. The van der Waals surface area contributed by atoms with Crippen LogP contribution in [0, 0.1) is 6.92 Å². The van der Waals surface area contributed by atoms with Gasteiger partial charge < -0.3 is 5.73 Å².